The number of hydrogen-bond acceptors (Lipinski definition) is 5. The molecule has 2 aromatic rings. The van der Waals surface area contributed by atoms with Crippen molar-refractivity contribution >= 4 is 5.96 Å². The molecule has 1 aliphatic heterocycles. The Hall–Kier alpha value is -2.51. The smallest absolute Gasteiger partial charge is 0.191 e. The van der Waals surface area contributed by atoms with Crippen molar-refractivity contribution in [1.82, 2.24) is 15.5 Å². The van der Waals surface area contributed by atoms with Crippen molar-refractivity contribution in [1.29, 1.82) is 0 Å². The molecule has 0 radical (unpaired) electrons. The molecule has 0 aliphatic carbocycles. The number of nitrogens with one attached hydrogen (secondary N) is 2. The number of aliphatic imine (C=N–C) groups is 1. The van der Waals surface area contributed by atoms with Gasteiger partial charge < -0.3 is 24.5 Å². The van der Waals surface area contributed by atoms with Gasteiger partial charge in [-0.05, 0) is 36.8 Å². The SMILES string of the molecule is CCNC(=NCc1cccc(OCCN2CCOCC2)c1)NCCc1ccco1. The van der Waals surface area contributed by atoms with Crippen LogP contribution in [-0.4, -0.2) is 63.4 Å². The number of guanidine groups is 1. The first kappa shape index (κ1) is 21.2. The molecule has 2 N–H and O–H groups in total. The Morgan fingerprint density at radius 2 is 2.07 bits per heavy atom. The molecule has 0 atom stereocenters. The number of nitrogens with zero attached hydrogens (tertiary/aromatic N) is 2. The maximum Gasteiger partial charge on any atom is 0.191 e. The molecule has 1 aliphatic rings. The summed E-state index contributed by atoms with van der Waals surface area (Å²) in [5.41, 5.74) is 1.12. The van der Waals surface area contributed by atoms with E-state index in [4.69, 9.17) is 13.9 Å². The van der Waals surface area contributed by atoms with Gasteiger partial charge in [-0.3, -0.25) is 4.90 Å². The third-order valence-electron chi connectivity index (χ3n) is 4.69. The molecule has 158 valence electrons. The van der Waals surface area contributed by atoms with Gasteiger partial charge in [-0.2, -0.15) is 0 Å². The first-order chi connectivity index (χ1) is 14.3. The quantitative estimate of drug-likeness (QED) is 0.471. The molecule has 7 nitrogen and oxygen atoms in total. The number of morpholine rings is 1. The van der Waals surface area contributed by atoms with E-state index >= 15 is 0 Å². The van der Waals surface area contributed by atoms with Crippen LogP contribution in [-0.2, 0) is 17.7 Å². The maximum atomic E-state index is 5.94. The van der Waals surface area contributed by atoms with Crippen LogP contribution in [0.2, 0.25) is 0 Å². The fraction of sp³-hybridized carbons (Fsp3) is 0.500. The molecule has 3 rings (SSSR count). The van der Waals surface area contributed by atoms with Gasteiger partial charge in [-0.25, -0.2) is 4.99 Å². The van der Waals surface area contributed by atoms with E-state index in [0.717, 1.165) is 75.4 Å². The van der Waals surface area contributed by atoms with Gasteiger partial charge in [0.2, 0.25) is 0 Å². The van der Waals surface area contributed by atoms with Crippen LogP contribution in [0.3, 0.4) is 0 Å². The van der Waals surface area contributed by atoms with Gasteiger partial charge >= 0.3 is 0 Å². The molecule has 0 bridgehead atoms. The zero-order valence-electron chi connectivity index (χ0n) is 17.2. The summed E-state index contributed by atoms with van der Waals surface area (Å²) in [5.74, 6) is 2.66. The van der Waals surface area contributed by atoms with Crippen molar-refractivity contribution in [3.8, 4) is 5.75 Å². The van der Waals surface area contributed by atoms with Crippen LogP contribution in [0.25, 0.3) is 0 Å². The number of rotatable bonds is 10. The lowest BCUT2D eigenvalue weighted by molar-refractivity contribution is 0.0322. The summed E-state index contributed by atoms with van der Waals surface area (Å²) >= 11 is 0. The van der Waals surface area contributed by atoms with E-state index in [1.165, 1.54) is 0 Å². The first-order valence-electron chi connectivity index (χ1n) is 10.4. The predicted molar refractivity (Wildman–Crippen MR) is 114 cm³/mol. The summed E-state index contributed by atoms with van der Waals surface area (Å²) < 4.78 is 16.7. The largest absolute Gasteiger partial charge is 0.492 e. The Kier molecular flexibility index (Phi) is 8.88. The molecule has 1 aromatic carbocycles. The molecule has 1 saturated heterocycles. The molecule has 0 saturated carbocycles. The highest BCUT2D eigenvalue weighted by Gasteiger charge is 2.09. The second kappa shape index (κ2) is 12.1. The van der Waals surface area contributed by atoms with Crippen LogP contribution < -0.4 is 15.4 Å². The molecule has 1 fully saturated rings. The first-order valence-corrected chi connectivity index (χ1v) is 10.4. The minimum absolute atomic E-state index is 0.594. The average molecular weight is 401 g/mol. The maximum absolute atomic E-state index is 5.94. The normalized spacial score (nSPS) is 15.3. The summed E-state index contributed by atoms with van der Waals surface area (Å²) in [6, 6.07) is 12.0. The number of hydrogen-bond donors (Lipinski definition) is 2. The number of furan rings is 1. The van der Waals surface area contributed by atoms with Gasteiger partial charge in [-0.1, -0.05) is 12.1 Å². The van der Waals surface area contributed by atoms with E-state index in [1.54, 1.807) is 6.26 Å². The van der Waals surface area contributed by atoms with Crippen LogP contribution >= 0.6 is 0 Å². The van der Waals surface area contributed by atoms with E-state index in [1.807, 2.05) is 24.3 Å². The topological polar surface area (TPSA) is 71.3 Å². The summed E-state index contributed by atoms with van der Waals surface area (Å²) in [7, 11) is 0. The second-order valence-electron chi connectivity index (χ2n) is 6.90. The standard InChI is InChI=1S/C22H32N4O3/c1-2-23-22(24-9-8-20-7-4-13-28-20)25-18-19-5-3-6-21(17-19)29-16-12-26-10-14-27-15-11-26/h3-7,13,17H,2,8-12,14-16,18H2,1H3,(H2,23,24,25). The Bertz CT molecular complexity index is 727. The highest BCUT2D eigenvalue weighted by Crippen LogP contribution is 2.14. The van der Waals surface area contributed by atoms with Crippen LogP contribution in [0.15, 0.2) is 52.1 Å². The molecule has 0 amide bonds. The van der Waals surface area contributed by atoms with Crippen molar-refractivity contribution in [2.45, 2.75) is 19.9 Å². The molecule has 1 aromatic heterocycles. The van der Waals surface area contributed by atoms with Crippen LogP contribution in [0.5, 0.6) is 5.75 Å². The molecule has 0 unspecified atom stereocenters. The molecular weight excluding hydrogens is 368 g/mol. The lowest BCUT2D eigenvalue weighted by Gasteiger charge is -2.26. The average Bonchev–Trinajstić information content (AvgIpc) is 3.27. The van der Waals surface area contributed by atoms with Gasteiger partial charge in [0.25, 0.3) is 0 Å². The minimum atomic E-state index is 0.594. The van der Waals surface area contributed by atoms with Gasteiger partial charge in [0.1, 0.15) is 18.1 Å². The number of ether oxygens (including phenoxy) is 2. The van der Waals surface area contributed by atoms with Crippen molar-refractivity contribution < 1.29 is 13.9 Å². The summed E-state index contributed by atoms with van der Waals surface area (Å²) in [4.78, 5) is 7.05. The fourth-order valence-corrected chi connectivity index (χ4v) is 3.12. The van der Waals surface area contributed by atoms with Crippen molar-refractivity contribution in [2.75, 3.05) is 52.5 Å². The van der Waals surface area contributed by atoms with Crippen molar-refractivity contribution in [2.24, 2.45) is 4.99 Å². The lowest BCUT2D eigenvalue weighted by atomic mass is 10.2. The minimum Gasteiger partial charge on any atom is -0.492 e. The highest BCUT2D eigenvalue weighted by atomic mass is 16.5. The van der Waals surface area contributed by atoms with E-state index in [-0.39, 0.29) is 0 Å². The molecule has 29 heavy (non-hydrogen) atoms. The zero-order valence-corrected chi connectivity index (χ0v) is 17.2. The van der Waals surface area contributed by atoms with E-state index < -0.39 is 0 Å². The summed E-state index contributed by atoms with van der Waals surface area (Å²) in [6.07, 6.45) is 2.52. The van der Waals surface area contributed by atoms with E-state index in [0.29, 0.717) is 13.2 Å². The van der Waals surface area contributed by atoms with Crippen LogP contribution in [0.4, 0.5) is 0 Å². The van der Waals surface area contributed by atoms with Gasteiger partial charge in [0, 0.05) is 39.1 Å². The Balaban J connectivity index is 1.44. The fourth-order valence-electron chi connectivity index (χ4n) is 3.12. The van der Waals surface area contributed by atoms with Crippen LogP contribution in [0, 0.1) is 0 Å². The lowest BCUT2D eigenvalue weighted by Crippen LogP contribution is -2.38. The second-order valence-corrected chi connectivity index (χ2v) is 6.90. The van der Waals surface area contributed by atoms with E-state index in [2.05, 4.69) is 39.6 Å². The van der Waals surface area contributed by atoms with Gasteiger partial charge in [-0.15, -0.1) is 0 Å². The molecule has 7 heteroatoms. The number of benzene rings is 1. The monoisotopic (exact) mass is 400 g/mol. The third-order valence-corrected chi connectivity index (χ3v) is 4.69. The molecular formula is C22H32N4O3. The Morgan fingerprint density at radius 1 is 1.17 bits per heavy atom. The van der Waals surface area contributed by atoms with Gasteiger partial charge in [0.05, 0.1) is 26.0 Å². The van der Waals surface area contributed by atoms with E-state index in [9.17, 15) is 0 Å². The van der Waals surface area contributed by atoms with Crippen LogP contribution in [0.1, 0.15) is 18.2 Å². The Labute approximate surface area is 173 Å². The van der Waals surface area contributed by atoms with Gasteiger partial charge in [0.15, 0.2) is 5.96 Å². The van der Waals surface area contributed by atoms with Crippen molar-refractivity contribution in [3.63, 3.8) is 0 Å². The molecule has 2 heterocycles. The Morgan fingerprint density at radius 3 is 2.86 bits per heavy atom. The molecule has 0 spiro atoms. The summed E-state index contributed by atoms with van der Waals surface area (Å²) in [6.45, 7) is 9.45. The third kappa shape index (κ3) is 7.79. The zero-order chi connectivity index (χ0) is 20.2. The summed E-state index contributed by atoms with van der Waals surface area (Å²) in [5, 5.41) is 6.63. The highest BCUT2D eigenvalue weighted by molar-refractivity contribution is 5.79. The van der Waals surface area contributed by atoms with Crippen molar-refractivity contribution in [3.05, 3.63) is 54.0 Å². The predicted octanol–water partition coefficient (Wildman–Crippen LogP) is 2.29.